The van der Waals surface area contributed by atoms with Crippen molar-refractivity contribution < 1.29 is 17.9 Å². The van der Waals surface area contributed by atoms with Gasteiger partial charge in [-0.3, -0.25) is 9.89 Å². The number of rotatable bonds is 9. The largest absolute Gasteiger partial charge is 0.497 e. The topological polar surface area (TPSA) is 52.1 Å². The molecular formula is C20H32F3N5O. The minimum atomic E-state index is -4.15. The smallest absolute Gasteiger partial charge is 0.390 e. The van der Waals surface area contributed by atoms with Gasteiger partial charge >= 0.3 is 6.18 Å². The number of guanidine groups is 1. The summed E-state index contributed by atoms with van der Waals surface area (Å²) in [5.74, 6) is 1.30. The third-order valence-electron chi connectivity index (χ3n) is 4.76. The molecule has 1 aliphatic heterocycles. The number of benzene rings is 1. The summed E-state index contributed by atoms with van der Waals surface area (Å²) in [4.78, 5) is 9.14. The fourth-order valence-electron chi connectivity index (χ4n) is 3.17. The van der Waals surface area contributed by atoms with Crippen molar-refractivity contribution in [3.05, 3.63) is 24.3 Å². The van der Waals surface area contributed by atoms with E-state index in [0.717, 1.165) is 44.9 Å². The lowest BCUT2D eigenvalue weighted by Gasteiger charge is -2.36. The first-order valence-corrected chi connectivity index (χ1v) is 10.1. The zero-order valence-corrected chi connectivity index (χ0v) is 17.3. The van der Waals surface area contributed by atoms with Gasteiger partial charge in [0.2, 0.25) is 0 Å². The maximum Gasteiger partial charge on any atom is 0.390 e. The van der Waals surface area contributed by atoms with Crippen LogP contribution in [0.25, 0.3) is 0 Å². The van der Waals surface area contributed by atoms with Gasteiger partial charge in [-0.15, -0.1) is 0 Å². The number of anilines is 1. The predicted octanol–water partition coefficient (Wildman–Crippen LogP) is 2.71. The summed E-state index contributed by atoms with van der Waals surface area (Å²) in [6, 6.07) is 8.11. The van der Waals surface area contributed by atoms with Crippen LogP contribution in [0.5, 0.6) is 5.75 Å². The van der Waals surface area contributed by atoms with Gasteiger partial charge < -0.3 is 20.3 Å². The maximum atomic E-state index is 12.3. The average molecular weight is 416 g/mol. The molecular weight excluding hydrogens is 383 g/mol. The van der Waals surface area contributed by atoms with Crippen LogP contribution in [0.1, 0.15) is 19.8 Å². The molecule has 2 rings (SSSR count). The second kappa shape index (κ2) is 11.7. The normalized spacial score (nSPS) is 16.0. The fraction of sp³-hybridized carbons (Fsp3) is 0.650. The van der Waals surface area contributed by atoms with Crippen LogP contribution in [0.15, 0.2) is 29.3 Å². The second-order valence-electron chi connectivity index (χ2n) is 6.93. The highest BCUT2D eigenvalue weighted by atomic mass is 19.4. The van der Waals surface area contributed by atoms with Crippen molar-refractivity contribution >= 4 is 11.6 Å². The van der Waals surface area contributed by atoms with Crippen LogP contribution in [0.2, 0.25) is 0 Å². The highest BCUT2D eigenvalue weighted by Gasteiger charge is 2.26. The van der Waals surface area contributed by atoms with E-state index < -0.39 is 12.6 Å². The molecule has 164 valence electrons. The van der Waals surface area contributed by atoms with Gasteiger partial charge in [-0.05, 0) is 37.6 Å². The quantitative estimate of drug-likeness (QED) is 0.369. The van der Waals surface area contributed by atoms with Gasteiger partial charge in [0, 0.05) is 58.0 Å². The summed E-state index contributed by atoms with van der Waals surface area (Å²) in [5.41, 5.74) is 1.20. The van der Waals surface area contributed by atoms with Crippen LogP contribution in [0.4, 0.5) is 18.9 Å². The van der Waals surface area contributed by atoms with Gasteiger partial charge in [0.25, 0.3) is 0 Å². The molecule has 9 heteroatoms. The number of nitrogens with zero attached hydrogens (tertiary/aromatic N) is 3. The molecule has 0 saturated carbocycles. The Balaban J connectivity index is 1.67. The van der Waals surface area contributed by atoms with Crippen molar-refractivity contribution in [3.8, 4) is 5.75 Å². The SMILES string of the molecule is CCNC(=NCCCN1CCN(c2ccc(OC)cc2)CC1)NCCC(F)(F)F. The number of ether oxygens (including phenoxy) is 1. The minimum absolute atomic E-state index is 0.164. The molecule has 1 aromatic carbocycles. The monoisotopic (exact) mass is 415 g/mol. The summed E-state index contributed by atoms with van der Waals surface area (Å²) in [6.07, 6.45) is -4.15. The Hall–Kier alpha value is -2.16. The minimum Gasteiger partial charge on any atom is -0.497 e. The predicted molar refractivity (Wildman–Crippen MR) is 111 cm³/mol. The van der Waals surface area contributed by atoms with E-state index in [1.807, 2.05) is 19.1 Å². The van der Waals surface area contributed by atoms with Crippen molar-refractivity contribution in [2.24, 2.45) is 4.99 Å². The van der Waals surface area contributed by atoms with Crippen molar-refractivity contribution in [1.82, 2.24) is 15.5 Å². The third kappa shape index (κ3) is 8.81. The maximum absolute atomic E-state index is 12.3. The Bertz CT molecular complexity index is 614. The molecule has 1 saturated heterocycles. The summed E-state index contributed by atoms with van der Waals surface area (Å²) in [5, 5.41) is 5.72. The summed E-state index contributed by atoms with van der Waals surface area (Å²) >= 11 is 0. The average Bonchev–Trinajstić information content (AvgIpc) is 2.71. The van der Waals surface area contributed by atoms with E-state index in [-0.39, 0.29) is 6.54 Å². The van der Waals surface area contributed by atoms with E-state index in [1.54, 1.807) is 7.11 Å². The second-order valence-corrected chi connectivity index (χ2v) is 6.93. The first-order chi connectivity index (χ1) is 13.9. The molecule has 6 nitrogen and oxygen atoms in total. The Morgan fingerprint density at radius 2 is 1.79 bits per heavy atom. The van der Waals surface area contributed by atoms with Gasteiger partial charge in [-0.2, -0.15) is 13.2 Å². The van der Waals surface area contributed by atoms with Gasteiger partial charge in [0.15, 0.2) is 5.96 Å². The van der Waals surface area contributed by atoms with Gasteiger partial charge in [-0.1, -0.05) is 0 Å². The lowest BCUT2D eigenvalue weighted by molar-refractivity contribution is -0.132. The Morgan fingerprint density at radius 3 is 2.38 bits per heavy atom. The van der Waals surface area contributed by atoms with Crippen LogP contribution in [-0.2, 0) is 0 Å². The van der Waals surface area contributed by atoms with Crippen molar-refractivity contribution in [2.45, 2.75) is 25.9 Å². The number of hydrogen-bond acceptors (Lipinski definition) is 4. The van der Waals surface area contributed by atoms with E-state index in [0.29, 0.717) is 19.0 Å². The van der Waals surface area contributed by atoms with Crippen LogP contribution >= 0.6 is 0 Å². The number of hydrogen-bond donors (Lipinski definition) is 2. The van der Waals surface area contributed by atoms with E-state index in [1.165, 1.54) is 5.69 Å². The molecule has 2 N–H and O–H groups in total. The molecule has 0 aromatic heterocycles. The summed E-state index contributed by atoms with van der Waals surface area (Å²) in [7, 11) is 1.66. The van der Waals surface area contributed by atoms with E-state index in [4.69, 9.17) is 4.74 Å². The van der Waals surface area contributed by atoms with Gasteiger partial charge in [-0.25, -0.2) is 0 Å². The Labute approximate surface area is 171 Å². The molecule has 0 bridgehead atoms. The highest BCUT2D eigenvalue weighted by molar-refractivity contribution is 5.79. The summed E-state index contributed by atoms with van der Waals surface area (Å²) in [6.45, 7) is 7.77. The molecule has 0 aliphatic carbocycles. The van der Waals surface area contributed by atoms with E-state index in [9.17, 15) is 13.2 Å². The van der Waals surface area contributed by atoms with Crippen molar-refractivity contribution in [1.29, 1.82) is 0 Å². The van der Waals surface area contributed by atoms with E-state index in [2.05, 4.69) is 37.6 Å². The molecule has 0 spiro atoms. The molecule has 1 aromatic rings. The standard InChI is InChI=1S/C20H32F3N5O/c1-3-24-19(26-11-9-20(21,22)23)25-10-4-12-27-13-15-28(16-14-27)17-5-7-18(29-2)8-6-17/h5-8H,3-4,9-16H2,1-2H3,(H2,24,25,26). The number of nitrogens with one attached hydrogen (secondary N) is 2. The number of alkyl halides is 3. The van der Waals surface area contributed by atoms with Gasteiger partial charge in [0.05, 0.1) is 13.5 Å². The highest BCUT2D eigenvalue weighted by Crippen LogP contribution is 2.20. The fourth-order valence-corrected chi connectivity index (χ4v) is 3.17. The zero-order valence-electron chi connectivity index (χ0n) is 17.3. The van der Waals surface area contributed by atoms with Crippen LogP contribution in [0.3, 0.4) is 0 Å². The van der Waals surface area contributed by atoms with Crippen LogP contribution in [0, 0.1) is 0 Å². The lowest BCUT2D eigenvalue weighted by Crippen LogP contribution is -2.46. The van der Waals surface area contributed by atoms with Crippen molar-refractivity contribution in [2.75, 3.05) is 64.4 Å². The first kappa shape index (κ1) is 23.1. The summed E-state index contributed by atoms with van der Waals surface area (Å²) < 4.78 is 42.0. The molecule has 0 radical (unpaired) electrons. The molecule has 29 heavy (non-hydrogen) atoms. The third-order valence-corrected chi connectivity index (χ3v) is 4.76. The molecule has 0 unspecified atom stereocenters. The Kier molecular flexibility index (Phi) is 9.37. The molecule has 0 atom stereocenters. The molecule has 1 heterocycles. The number of aliphatic imine (C=N–C) groups is 1. The molecule has 1 aliphatic rings. The van der Waals surface area contributed by atoms with Crippen molar-refractivity contribution in [3.63, 3.8) is 0 Å². The zero-order chi connectivity index (χ0) is 21.1. The Morgan fingerprint density at radius 1 is 1.10 bits per heavy atom. The number of piperazine rings is 1. The van der Waals surface area contributed by atoms with Gasteiger partial charge in [0.1, 0.15) is 5.75 Å². The van der Waals surface area contributed by atoms with E-state index >= 15 is 0 Å². The number of halogens is 3. The van der Waals surface area contributed by atoms with Crippen LogP contribution < -0.4 is 20.3 Å². The number of methoxy groups -OCH3 is 1. The lowest BCUT2D eigenvalue weighted by atomic mass is 10.2. The molecule has 1 fully saturated rings. The van der Waals surface area contributed by atoms with Crippen LogP contribution in [-0.4, -0.2) is 76.5 Å². The first-order valence-electron chi connectivity index (χ1n) is 10.1. The molecule has 0 amide bonds.